The molecule has 1 amide bonds. The van der Waals surface area contributed by atoms with Crippen LogP contribution in [0.15, 0.2) is 83.9 Å². The zero-order chi connectivity index (χ0) is 19.3. The number of hydrogen-bond donors (Lipinski definition) is 1. The van der Waals surface area contributed by atoms with Gasteiger partial charge in [0.05, 0.1) is 5.52 Å². The summed E-state index contributed by atoms with van der Waals surface area (Å²) in [6, 6.07) is 20.8. The lowest BCUT2D eigenvalue weighted by molar-refractivity contribution is 0.0952. The van der Waals surface area contributed by atoms with Crippen LogP contribution in [-0.4, -0.2) is 26.8 Å². The third-order valence-corrected chi connectivity index (χ3v) is 4.60. The van der Waals surface area contributed by atoms with Crippen LogP contribution in [0.1, 0.15) is 16.8 Å². The number of carbonyl (C=O) groups is 1. The summed E-state index contributed by atoms with van der Waals surface area (Å²) in [5.74, 6) is -0.133. The van der Waals surface area contributed by atoms with Crippen molar-refractivity contribution < 1.29 is 4.79 Å². The minimum Gasteiger partial charge on any atom is -0.352 e. The molecule has 4 rings (SSSR count). The van der Waals surface area contributed by atoms with Gasteiger partial charge in [0.1, 0.15) is 0 Å². The Bertz CT molecular complexity index is 1180. The molecule has 0 spiro atoms. The van der Waals surface area contributed by atoms with Gasteiger partial charge in [-0.05, 0) is 48.2 Å². The Morgan fingerprint density at radius 1 is 1.00 bits per heavy atom. The molecule has 2 aromatic carbocycles. The third-order valence-electron chi connectivity index (χ3n) is 4.60. The van der Waals surface area contributed by atoms with E-state index >= 15 is 0 Å². The van der Waals surface area contributed by atoms with Gasteiger partial charge >= 0.3 is 0 Å². The SMILES string of the molecule is O=C(NCCCn1ncccc1=O)c1cccc(-n2ccc3ccccc32)c1. The predicted molar refractivity (Wildman–Crippen MR) is 109 cm³/mol. The maximum Gasteiger partial charge on any atom is 0.266 e. The molecule has 0 atom stereocenters. The fraction of sp³-hybridized carbons (Fsp3) is 0.136. The van der Waals surface area contributed by atoms with E-state index in [0.717, 1.165) is 16.6 Å². The topological polar surface area (TPSA) is 68.9 Å². The van der Waals surface area contributed by atoms with E-state index in [0.29, 0.717) is 25.1 Å². The van der Waals surface area contributed by atoms with E-state index in [1.54, 1.807) is 18.3 Å². The highest BCUT2D eigenvalue weighted by Gasteiger charge is 2.08. The second-order valence-corrected chi connectivity index (χ2v) is 6.49. The molecule has 4 aromatic rings. The molecule has 6 nitrogen and oxygen atoms in total. The van der Waals surface area contributed by atoms with Crippen molar-refractivity contribution in [3.63, 3.8) is 0 Å². The maximum atomic E-state index is 12.5. The Balaban J connectivity index is 1.42. The molecule has 6 heteroatoms. The summed E-state index contributed by atoms with van der Waals surface area (Å²) >= 11 is 0. The molecule has 0 fully saturated rings. The van der Waals surface area contributed by atoms with Crippen molar-refractivity contribution in [2.75, 3.05) is 6.54 Å². The summed E-state index contributed by atoms with van der Waals surface area (Å²) < 4.78 is 3.46. The second kappa shape index (κ2) is 7.92. The lowest BCUT2D eigenvalue weighted by Crippen LogP contribution is -2.27. The van der Waals surface area contributed by atoms with Gasteiger partial charge in [-0.3, -0.25) is 9.59 Å². The number of amides is 1. The molecule has 1 N–H and O–H groups in total. The third kappa shape index (κ3) is 3.71. The van der Waals surface area contributed by atoms with Gasteiger partial charge in [0, 0.05) is 42.8 Å². The normalized spacial score (nSPS) is 10.9. The fourth-order valence-corrected chi connectivity index (χ4v) is 3.19. The van der Waals surface area contributed by atoms with E-state index in [-0.39, 0.29) is 11.5 Å². The molecule has 0 aliphatic carbocycles. The van der Waals surface area contributed by atoms with Crippen LogP contribution >= 0.6 is 0 Å². The number of nitrogens with one attached hydrogen (secondary N) is 1. The zero-order valence-electron chi connectivity index (χ0n) is 15.3. The van der Waals surface area contributed by atoms with E-state index in [2.05, 4.69) is 33.2 Å². The molecular formula is C22H20N4O2. The lowest BCUT2D eigenvalue weighted by atomic mass is 10.2. The number of aryl methyl sites for hydroxylation is 1. The minimum atomic E-state index is -0.138. The molecule has 2 heterocycles. The lowest BCUT2D eigenvalue weighted by Gasteiger charge is -2.09. The summed E-state index contributed by atoms with van der Waals surface area (Å²) in [4.78, 5) is 24.1. The van der Waals surface area contributed by atoms with Crippen molar-refractivity contribution in [3.05, 3.63) is 95.0 Å². The molecule has 0 bridgehead atoms. The van der Waals surface area contributed by atoms with Crippen LogP contribution in [0.5, 0.6) is 0 Å². The quantitative estimate of drug-likeness (QED) is 0.529. The van der Waals surface area contributed by atoms with Gasteiger partial charge in [-0.15, -0.1) is 0 Å². The number of benzene rings is 2. The first-order valence-electron chi connectivity index (χ1n) is 9.19. The highest BCUT2D eigenvalue weighted by molar-refractivity contribution is 5.95. The molecule has 0 radical (unpaired) electrons. The molecular weight excluding hydrogens is 352 g/mol. The average Bonchev–Trinajstić information content (AvgIpc) is 3.16. The fourth-order valence-electron chi connectivity index (χ4n) is 3.19. The number of hydrogen-bond acceptors (Lipinski definition) is 3. The summed E-state index contributed by atoms with van der Waals surface area (Å²) in [6.07, 6.45) is 4.22. The van der Waals surface area contributed by atoms with Gasteiger partial charge in [0.25, 0.3) is 11.5 Å². The summed E-state index contributed by atoms with van der Waals surface area (Å²) in [7, 11) is 0. The van der Waals surface area contributed by atoms with Gasteiger partial charge in [-0.25, -0.2) is 4.68 Å². The number of aromatic nitrogens is 3. The second-order valence-electron chi connectivity index (χ2n) is 6.49. The van der Waals surface area contributed by atoms with Crippen molar-refractivity contribution in [3.8, 4) is 5.69 Å². The summed E-state index contributed by atoms with van der Waals surface area (Å²) in [5, 5.41) is 8.07. The minimum absolute atomic E-state index is 0.133. The van der Waals surface area contributed by atoms with Crippen LogP contribution in [0.2, 0.25) is 0 Å². The van der Waals surface area contributed by atoms with Crippen LogP contribution in [-0.2, 0) is 6.54 Å². The zero-order valence-corrected chi connectivity index (χ0v) is 15.3. The molecule has 0 unspecified atom stereocenters. The van der Waals surface area contributed by atoms with Crippen LogP contribution in [0.25, 0.3) is 16.6 Å². The van der Waals surface area contributed by atoms with Gasteiger partial charge in [0.2, 0.25) is 0 Å². The Labute approximate surface area is 162 Å². The first-order valence-corrected chi connectivity index (χ1v) is 9.19. The Morgan fingerprint density at radius 3 is 2.79 bits per heavy atom. The number of rotatable bonds is 6. The first kappa shape index (κ1) is 17.7. The van der Waals surface area contributed by atoms with Crippen molar-refractivity contribution in [1.82, 2.24) is 19.7 Å². The number of para-hydroxylation sites is 1. The van der Waals surface area contributed by atoms with Crippen molar-refractivity contribution >= 4 is 16.8 Å². The van der Waals surface area contributed by atoms with Gasteiger partial charge in [-0.2, -0.15) is 5.10 Å². The summed E-state index contributed by atoms with van der Waals surface area (Å²) in [6.45, 7) is 0.938. The molecule has 0 saturated heterocycles. The molecule has 2 aromatic heterocycles. The predicted octanol–water partition coefficient (Wildman–Crippen LogP) is 3.01. The summed E-state index contributed by atoms with van der Waals surface area (Å²) in [5.41, 5.74) is 2.50. The Kier molecular flexibility index (Phi) is 5.01. The van der Waals surface area contributed by atoms with E-state index in [9.17, 15) is 9.59 Å². The molecule has 140 valence electrons. The van der Waals surface area contributed by atoms with E-state index in [1.165, 1.54) is 10.7 Å². The van der Waals surface area contributed by atoms with E-state index in [4.69, 9.17) is 0 Å². The molecule has 0 aliphatic heterocycles. The Hall–Kier alpha value is -3.67. The van der Waals surface area contributed by atoms with Crippen LogP contribution in [0.3, 0.4) is 0 Å². The highest BCUT2D eigenvalue weighted by atomic mass is 16.1. The van der Waals surface area contributed by atoms with Crippen LogP contribution in [0, 0.1) is 0 Å². The first-order chi connectivity index (χ1) is 13.7. The Morgan fingerprint density at radius 2 is 1.89 bits per heavy atom. The van der Waals surface area contributed by atoms with Gasteiger partial charge in [-0.1, -0.05) is 24.3 Å². The molecule has 0 saturated carbocycles. The largest absolute Gasteiger partial charge is 0.352 e. The standard InChI is InChI=1S/C22H20N4O2/c27-21-10-4-13-24-26(21)14-5-12-23-22(28)18-7-3-8-19(16-18)25-15-11-17-6-1-2-9-20(17)25/h1-4,6-11,13,15-16H,5,12,14H2,(H,23,28). The van der Waals surface area contributed by atoms with Crippen LogP contribution in [0.4, 0.5) is 0 Å². The van der Waals surface area contributed by atoms with E-state index in [1.807, 2.05) is 36.5 Å². The number of fused-ring (bicyclic) bond motifs is 1. The molecule has 28 heavy (non-hydrogen) atoms. The van der Waals surface area contributed by atoms with Gasteiger partial charge < -0.3 is 9.88 Å². The van der Waals surface area contributed by atoms with Crippen molar-refractivity contribution in [2.45, 2.75) is 13.0 Å². The highest BCUT2D eigenvalue weighted by Crippen LogP contribution is 2.20. The van der Waals surface area contributed by atoms with Crippen molar-refractivity contribution in [2.24, 2.45) is 0 Å². The number of carbonyl (C=O) groups excluding carboxylic acids is 1. The number of nitrogens with zero attached hydrogens (tertiary/aromatic N) is 3. The van der Waals surface area contributed by atoms with Crippen molar-refractivity contribution in [1.29, 1.82) is 0 Å². The monoisotopic (exact) mass is 372 g/mol. The maximum absolute atomic E-state index is 12.5. The van der Waals surface area contributed by atoms with Crippen LogP contribution < -0.4 is 10.9 Å². The smallest absolute Gasteiger partial charge is 0.266 e. The van der Waals surface area contributed by atoms with Gasteiger partial charge in [0.15, 0.2) is 0 Å². The van der Waals surface area contributed by atoms with E-state index < -0.39 is 0 Å². The average molecular weight is 372 g/mol. The molecule has 0 aliphatic rings.